The second-order valence-corrected chi connectivity index (χ2v) is 9.27. The van der Waals surface area contributed by atoms with Crippen molar-refractivity contribution in [2.24, 2.45) is 5.92 Å². The molecule has 0 radical (unpaired) electrons. The summed E-state index contributed by atoms with van der Waals surface area (Å²) in [7, 11) is 0. The Morgan fingerprint density at radius 2 is 1.94 bits per heavy atom. The number of amides is 1. The third kappa shape index (κ3) is 6.20. The van der Waals surface area contributed by atoms with Gasteiger partial charge in [0, 0.05) is 22.2 Å². The summed E-state index contributed by atoms with van der Waals surface area (Å²) < 4.78 is 10.5. The summed E-state index contributed by atoms with van der Waals surface area (Å²) >= 11 is 12.2. The van der Waals surface area contributed by atoms with Crippen molar-refractivity contribution in [3.63, 3.8) is 0 Å². The molecule has 2 heterocycles. The van der Waals surface area contributed by atoms with Crippen molar-refractivity contribution in [1.29, 1.82) is 0 Å². The van der Waals surface area contributed by atoms with E-state index in [0.29, 0.717) is 64.6 Å². The quantitative estimate of drug-likeness (QED) is 0.421. The Hall–Kier alpha value is -2.94. The van der Waals surface area contributed by atoms with Crippen molar-refractivity contribution in [2.75, 3.05) is 25.0 Å². The molecule has 3 aromatic rings. The molecule has 0 bridgehead atoms. The molecule has 1 aliphatic heterocycles. The summed E-state index contributed by atoms with van der Waals surface area (Å²) in [6, 6.07) is 10.3. The number of piperidine rings is 1. The molecule has 0 spiro atoms. The third-order valence-corrected chi connectivity index (χ3v) is 6.51. The molecule has 1 aliphatic rings. The Balaban J connectivity index is 1.31. The average molecular weight is 517 g/mol. The second-order valence-electron chi connectivity index (χ2n) is 8.43. The number of aryl methyl sites for hydroxylation is 1. The number of nitrogens with one attached hydrogen (secondary N) is 1. The van der Waals surface area contributed by atoms with Crippen molar-refractivity contribution in [2.45, 2.75) is 33.2 Å². The van der Waals surface area contributed by atoms with E-state index in [0.717, 1.165) is 18.7 Å². The van der Waals surface area contributed by atoms with Gasteiger partial charge in [0.2, 0.25) is 17.6 Å². The summed E-state index contributed by atoms with van der Waals surface area (Å²) in [6.45, 7) is 5.88. The van der Waals surface area contributed by atoms with Crippen LogP contribution in [0.5, 0.6) is 0 Å². The van der Waals surface area contributed by atoms with E-state index in [1.165, 1.54) is 0 Å². The van der Waals surface area contributed by atoms with Gasteiger partial charge in [-0.1, -0.05) is 34.4 Å². The van der Waals surface area contributed by atoms with E-state index < -0.39 is 5.97 Å². The van der Waals surface area contributed by atoms with Crippen LogP contribution >= 0.6 is 23.2 Å². The molecule has 0 atom stereocenters. The number of ether oxygens (including phenoxy) is 1. The van der Waals surface area contributed by atoms with Crippen LogP contribution in [0.15, 0.2) is 40.9 Å². The molecular weight excluding hydrogens is 491 g/mol. The molecule has 2 aromatic carbocycles. The summed E-state index contributed by atoms with van der Waals surface area (Å²) in [6.07, 6.45) is 1.40. The van der Waals surface area contributed by atoms with Crippen molar-refractivity contribution < 1.29 is 18.8 Å². The molecule has 1 fully saturated rings. The SMILES string of the molecule is CCOC(=O)c1ccc(C)c(NC(=O)C2CCN(Cc3nc(-c4ccc(Cl)cc4Cl)no3)CC2)c1. The minimum atomic E-state index is -0.404. The third-order valence-electron chi connectivity index (χ3n) is 5.96. The average Bonchev–Trinajstić information content (AvgIpc) is 3.29. The first-order valence-corrected chi connectivity index (χ1v) is 12.2. The monoisotopic (exact) mass is 516 g/mol. The number of anilines is 1. The number of carbonyl (C=O) groups is 2. The van der Waals surface area contributed by atoms with Gasteiger partial charge in [-0.2, -0.15) is 4.98 Å². The zero-order chi connectivity index (χ0) is 24.9. The number of likely N-dealkylation sites (tertiary alicyclic amines) is 1. The molecule has 1 amide bonds. The Bertz CT molecular complexity index is 1220. The lowest BCUT2D eigenvalue weighted by Gasteiger charge is -2.30. The van der Waals surface area contributed by atoms with Gasteiger partial charge in [0.15, 0.2) is 0 Å². The van der Waals surface area contributed by atoms with Crippen LogP contribution in [0.2, 0.25) is 10.0 Å². The standard InChI is InChI=1S/C25H26Cl2N4O4/c1-3-34-25(33)17-5-4-15(2)21(12-17)28-24(32)16-8-10-31(11-9-16)14-22-29-23(30-35-22)19-7-6-18(26)13-20(19)27/h4-7,12-13,16H,3,8-11,14H2,1-2H3,(H,28,32). The molecule has 8 nitrogen and oxygen atoms in total. The Labute approximate surface area is 213 Å². The van der Waals surface area contributed by atoms with Crippen molar-refractivity contribution in [3.8, 4) is 11.4 Å². The summed E-state index contributed by atoms with van der Waals surface area (Å²) in [5, 5.41) is 8.02. The van der Waals surface area contributed by atoms with Gasteiger partial charge in [-0.3, -0.25) is 9.69 Å². The van der Waals surface area contributed by atoms with E-state index in [4.69, 9.17) is 32.5 Å². The predicted molar refractivity (Wildman–Crippen MR) is 134 cm³/mol. The summed E-state index contributed by atoms with van der Waals surface area (Å²) in [5.41, 5.74) is 2.59. The van der Waals surface area contributed by atoms with Gasteiger partial charge < -0.3 is 14.6 Å². The van der Waals surface area contributed by atoms with Gasteiger partial charge >= 0.3 is 5.97 Å². The molecule has 10 heteroatoms. The highest BCUT2D eigenvalue weighted by molar-refractivity contribution is 6.36. The fourth-order valence-corrected chi connectivity index (χ4v) is 4.47. The zero-order valence-corrected chi connectivity index (χ0v) is 21.0. The topological polar surface area (TPSA) is 97.6 Å². The van der Waals surface area contributed by atoms with Crippen LogP contribution in [0.3, 0.4) is 0 Å². The van der Waals surface area contributed by atoms with Gasteiger partial charge in [-0.05, 0) is 75.7 Å². The van der Waals surface area contributed by atoms with Crippen LogP contribution in [0.4, 0.5) is 5.69 Å². The van der Waals surface area contributed by atoms with Crippen molar-refractivity contribution >= 4 is 40.8 Å². The van der Waals surface area contributed by atoms with E-state index in [-0.39, 0.29) is 11.8 Å². The number of esters is 1. The second kappa shape index (κ2) is 11.2. The zero-order valence-electron chi connectivity index (χ0n) is 19.5. The molecule has 0 aliphatic carbocycles. The van der Waals surface area contributed by atoms with Crippen LogP contribution in [-0.4, -0.2) is 46.6 Å². The normalized spacial score (nSPS) is 14.6. The van der Waals surface area contributed by atoms with Gasteiger partial charge in [-0.25, -0.2) is 4.79 Å². The number of hydrogen-bond donors (Lipinski definition) is 1. The molecule has 4 rings (SSSR count). The molecule has 1 aromatic heterocycles. The Morgan fingerprint density at radius 3 is 2.66 bits per heavy atom. The van der Waals surface area contributed by atoms with Crippen LogP contribution in [-0.2, 0) is 16.1 Å². The number of hydrogen-bond acceptors (Lipinski definition) is 7. The number of benzene rings is 2. The number of halogens is 2. The van der Waals surface area contributed by atoms with Gasteiger partial charge in [-0.15, -0.1) is 0 Å². The Morgan fingerprint density at radius 1 is 1.17 bits per heavy atom. The first-order valence-electron chi connectivity index (χ1n) is 11.4. The fourth-order valence-electron chi connectivity index (χ4n) is 3.98. The maximum atomic E-state index is 12.9. The molecule has 184 valence electrons. The first kappa shape index (κ1) is 25.2. The minimum Gasteiger partial charge on any atom is -0.462 e. The van der Waals surface area contributed by atoms with E-state index in [1.54, 1.807) is 43.3 Å². The van der Waals surface area contributed by atoms with E-state index in [9.17, 15) is 9.59 Å². The molecule has 1 N–H and O–H groups in total. The van der Waals surface area contributed by atoms with Gasteiger partial charge in [0.05, 0.1) is 23.7 Å². The van der Waals surface area contributed by atoms with E-state index >= 15 is 0 Å². The maximum Gasteiger partial charge on any atom is 0.338 e. The molecular formula is C25H26Cl2N4O4. The highest BCUT2D eigenvalue weighted by Crippen LogP contribution is 2.29. The highest BCUT2D eigenvalue weighted by Gasteiger charge is 2.27. The highest BCUT2D eigenvalue weighted by atomic mass is 35.5. The number of carbonyl (C=O) groups excluding carboxylic acids is 2. The maximum absolute atomic E-state index is 12.9. The van der Waals surface area contributed by atoms with Crippen LogP contribution in [0.25, 0.3) is 11.4 Å². The predicted octanol–water partition coefficient (Wildman–Crippen LogP) is 5.38. The molecule has 35 heavy (non-hydrogen) atoms. The van der Waals surface area contributed by atoms with E-state index in [1.807, 2.05) is 6.92 Å². The van der Waals surface area contributed by atoms with Crippen LogP contribution in [0.1, 0.15) is 41.6 Å². The number of nitrogens with zero attached hydrogens (tertiary/aromatic N) is 3. The molecule has 0 unspecified atom stereocenters. The summed E-state index contributed by atoms with van der Waals surface area (Å²) in [5.74, 6) is 0.324. The lowest BCUT2D eigenvalue weighted by Crippen LogP contribution is -2.37. The number of aromatic nitrogens is 2. The van der Waals surface area contributed by atoms with Crippen LogP contribution < -0.4 is 5.32 Å². The number of rotatable bonds is 7. The van der Waals surface area contributed by atoms with E-state index in [2.05, 4.69) is 20.4 Å². The van der Waals surface area contributed by atoms with Crippen LogP contribution in [0, 0.1) is 12.8 Å². The van der Waals surface area contributed by atoms with Gasteiger partial charge in [0.25, 0.3) is 0 Å². The lowest BCUT2D eigenvalue weighted by atomic mass is 9.95. The molecule has 1 saturated heterocycles. The Kier molecular flexibility index (Phi) is 8.05. The lowest BCUT2D eigenvalue weighted by molar-refractivity contribution is -0.121. The summed E-state index contributed by atoms with van der Waals surface area (Å²) in [4.78, 5) is 31.6. The fraction of sp³-hybridized carbons (Fsp3) is 0.360. The van der Waals surface area contributed by atoms with Gasteiger partial charge in [0.1, 0.15) is 0 Å². The molecule has 0 saturated carbocycles. The van der Waals surface area contributed by atoms with Crippen molar-refractivity contribution in [1.82, 2.24) is 15.0 Å². The van der Waals surface area contributed by atoms with Crippen molar-refractivity contribution in [3.05, 3.63) is 63.5 Å². The largest absolute Gasteiger partial charge is 0.462 e. The minimum absolute atomic E-state index is 0.0498. The first-order chi connectivity index (χ1) is 16.8. The smallest absolute Gasteiger partial charge is 0.338 e.